The number of nitrogens with two attached hydrogens (primary N) is 1. The number of aliphatic hydroxyl groups excluding tert-OH is 1. The molecule has 3 heterocycles. The molecule has 1 aromatic carbocycles. The number of pyridine rings is 1. The first-order valence-electron chi connectivity index (χ1n) is 13.5. The van der Waals surface area contributed by atoms with Gasteiger partial charge in [0.2, 0.25) is 0 Å². The van der Waals surface area contributed by atoms with E-state index in [0.29, 0.717) is 13.2 Å². The van der Waals surface area contributed by atoms with Crippen LogP contribution >= 0.6 is 11.3 Å². The van der Waals surface area contributed by atoms with Crippen molar-refractivity contribution in [3.05, 3.63) is 107 Å². The maximum atomic E-state index is 10.2. The molecule has 8 nitrogen and oxygen atoms in total. The van der Waals surface area contributed by atoms with E-state index >= 15 is 0 Å². The van der Waals surface area contributed by atoms with Gasteiger partial charge in [-0.25, -0.2) is 9.97 Å². The zero-order valence-corrected chi connectivity index (χ0v) is 25.7. The Morgan fingerprint density at radius 2 is 1.88 bits per heavy atom. The van der Waals surface area contributed by atoms with E-state index in [1.165, 1.54) is 0 Å². The lowest BCUT2D eigenvalue weighted by Crippen LogP contribution is -2.02. The predicted octanol–water partition coefficient (Wildman–Crippen LogP) is 6.31. The Kier molecular flexibility index (Phi) is 17.5. The van der Waals surface area contributed by atoms with Crippen LogP contribution in [0.15, 0.2) is 85.6 Å². The van der Waals surface area contributed by atoms with Crippen LogP contribution in [0.3, 0.4) is 0 Å². The Morgan fingerprint density at radius 3 is 2.43 bits per heavy atom. The van der Waals surface area contributed by atoms with Crippen LogP contribution in [0.25, 0.3) is 27.0 Å². The first kappa shape index (κ1) is 35.7. The average molecular weight is 588 g/mol. The van der Waals surface area contributed by atoms with Gasteiger partial charge in [-0.05, 0) is 61.3 Å². The summed E-state index contributed by atoms with van der Waals surface area (Å²) >= 11 is 1.68. The van der Waals surface area contributed by atoms with Gasteiger partial charge in [-0.2, -0.15) is 0 Å². The molecule has 0 aliphatic heterocycles. The van der Waals surface area contributed by atoms with Crippen molar-refractivity contribution in [2.45, 2.75) is 40.2 Å². The van der Waals surface area contributed by atoms with Crippen LogP contribution in [-0.4, -0.2) is 46.8 Å². The number of nitrogens with zero attached hydrogens (tertiary/aromatic N) is 3. The van der Waals surface area contributed by atoms with Crippen molar-refractivity contribution in [1.82, 2.24) is 20.3 Å². The fourth-order valence-corrected chi connectivity index (χ4v) is 4.66. The number of aromatic nitrogens is 3. The van der Waals surface area contributed by atoms with Crippen molar-refractivity contribution in [1.29, 1.82) is 0 Å². The number of rotatable bonds is 9. The van der Waals surface area contributed by atoms with Crippen LogP contribution in [0.4, 0.5) is 0 Å². The molecule has 4 aromatic rings. The molecule has 222 valence electrons. The second-order valence-electron chi connectivity index (χ2n) is 8.71. The van der Waals surface area contributed by atoms with Crippen LogP contribution in [0, 0.1) is 6.92 Å². The van der Waals surface area contributed by atoms with Crippen molar-refractivity contribution in [3.8, 4) is 11.3 Å². The summed E-state index contributed by atoms with van der Waals surface area (Å²) in [5, 5.41) is 11.0. The molecular weight excluding hydrogens is 546 g/mol. The first-order chi connectivity index (χ1) is 20.4. The van der Waals surface area contributed by atoms with Gasteiger partial charge >= 0.3 is 0 Å². The van der Waals surface area contributed by atoms with Crippen molar-refractivity contribution < 1.29 is 14.7 Å². The second-order valence-corrected chi connectivity index (χ2v) is 9.76. The number of hydrogen-bond donors (Lipinski definition) is 3. The van der Waals surface area contributed by atoms with E-state index in [1.54, 1.807) is 29.9 Å². The molecule has 0 bridgehead atoms. The second kappa shape index (κ2) is 20.5. The number of likely N-dealkylation sites (N-methyl/N-ethyl adjacent to an activating group) is 1. The summed E-state index contributed by atoms with van der Waals surface area (Å²) in [4.78, 5) is 32.6. The highest BCUT2D eigenvalue weighted by Crippen LogP contribution is 2.36. The molecule has 42 heavy (non-hydrogen) atoms. The Balaban J connectivity index is 0.000000485. The van der Waals surface area contributed by atoms with Gasteiger partial charge in [-0.1, -0.05) is 50.3 Å². The number of fused-ring (bicyclic) bond motifs is 1. The lowest BCUT2D eigenvalue weighted by molar-refractivity contribution is -0.0980. The van der Waals surface area contributed by atoms with Crippen LogP contribution in [-0.2, 0) is 11.3 Å². The fraction of sp³-hybridized carbons (Fsp3) is 0.242. The molecule has 0 radical (unpaired) electrons. The van der Waals surface area contributed by atoms with E-state index in [-0.39, 0.29) is 0 Å². The summed E-state index contributed by atoms with van der Waals surface area (Å²) in [5.74, 6) is 0. The normalized spacial score (nSPS) is 10.7. The lowest BCUT2D eigenvalue weighted by Gasteiger charge is -2.04. The van der Waals surface area contributed by atoms with Gasteiger partial charge in [0.1, 0.15) is 19.4 Å². The highest BCUT2D eigenvalue weighted by atomic mass is 32.1. The SMILES string of the molecule is C=C/C(=C\C(=C/CC)c1cc2ncnc(-c3cncc(CN)c3)c2s1)NC.C=O.CCCO.Cc1cccc(C=O)c1. The predicted molar refractivity (Wildman–Crippen MR) is 175 cm³/mol. The van der Waals surface area contributed by atoms with Crippen LogP contribution in [0.2, 0.25) is 0 Å². The van der Waals surface area contributed by atoms with Gasteiger partial charge in [-0.15, -0.1) is 11.3 Å². The smallest absolute Gasteiger partial charge is 0.150 e. The minimum atomic E-state index is 0.319. The minimum absolute atomic E-state index is 0.319. The van der Waals surface area contributed by atoms with E-state index < -0.39 is 0 Å². The van der Waals surface area contributed by atoms with Gasteiger partial charge in [0.15, 0.2) is 0 Å². The quantitative estimate of drug-likeness (QED) is 0.153. The standard InChI is InChI=1S/C21H23N5S.C8H8O.C3H8O.CH2O/c1-4-6-15(8-17(5-2)23-3)19-9-18-21(27-19)20(26-13-25-18)16-7-14(10-22)11-24-12-16;1-7-3-2-4-8(5-7)6-9;1-2-3-4;1-2/h5-9,11-13,23H,2,4,10,22H2,1,3H3;2-6H,1H3;4H,2-3H2,1H3;1H2/b15-6+,17-8+;;;. The maximum Gasteiger partial charge on any atom is 0.150 e. The van der Waals surface area contributed by atoms with Crippen LogP contribution in [0.5, 0.6) is 0 Å². The molecule has 4 rings (SSSR count). The monoisotopic (exact) mass is 587 g/mol. The van der Waals surface area contributed by atoms with Crippen LogP contribution < -0.4 is 11.1 Å². The molecule has 9 heteroatoms. The largest absolute Gasteiger partial charge is 0.396 e. The molecule has 0 unspecified atom stereocenters. The lowest BCUT2D eigenvalue weighted by atomic mass is 10.1. The molecule has 3 aromatic heterocycles. The van der Waals surface area contributed by atoms with Crippen molar-refractivity contribution in [3.63, 3.8) is 0 Å². The zero-order chi connectivity index (χ0) is 31.3. The number of aryl methyl sites for hydroxylation is 1. The summed E-state index contributed by atoms with van der Waals surface area (Å²) in [6.07, 6.45) is 14.0. The molecule has 0 fully saturated rings. The molecule has 0 spiro atoms. The third-order valence-corrected chi connectivity index (χ3v) is 6.73. The number of carbonyl (C=O) groups excluding carboxylic acids is 2. The molecule has 0 amide bonds. The average Bonchev–Trinajstić information content (AvgIpc) is 3.49. The fourth-order valence-electron chi connectivity index (χ4n) is 3.53. The number of carbonyl (C=O) groups is 2. The summed E-state index contributed by atoms with van der Waals surface area (Å²) < 4.78 is 1.04. The van der Waals surface area contributed by atoms with Crippen molar-refractivity contribution in [2.24, 2.45) is 5.73 Å². The van der Waals surface area contributed by atoms with Gasteiger partial charge in [0, 0.05) is 54.3 Å². The number of thiophene rings is 1. The van der Waals surface area contributed by atoms with E-state index in [1.807, 2.05) is 64.2 Å². The molecular formula is C33H41N5O3S. The van der Waals surface area contributed by atoms with Gasteiger partial charge in [-0.3, -0.25) is 9.78 Å². The highest BCUT2D eigenvalue weighted by Gasteiger charge is 2.13. The number of hydrogen-bond acceptors (Lipinski definition) is 9. The number of aldehydes is 1. The van der Waals surface area contributed by atoms with Gasteiger partial charge < -0.3 is 21.0 Å². The van der Waals surface area contributed by atoms with Gasteiger partial charge in [0.25, 0.3) is 0 Å². The Hall–Kier alpha value is -4.31. The molecule has 0 aliphatic rings. The maximum absolute atomic E-state index is 10.2. The molecule has 0 saturated heterocycles. The van der Waals surface area contributed by atoms with E-state index in [9.17, 15) is 4.79 Å². The Labute approximate surface area is 252 Å². The zero-order valence-electron chi connectivity index (χ0n) is 24.8. The topological polar surface area (TPSA) is 131 Å². The van der Waals surface area contributed by atoms with Crippen molar-refractivity contribution >= 4 is 40.2 Å². The summed E-state index contributed by atoms with van der Waals surface area (Å²) in [7, 11) is 1.89. The molecule has 0 saturated carbocycles. The Morgan fingerprint density at radius 1 is 1.14 bits per heavy atom. The highest BCUT2D eigenvalue weighted by molar-refractivity contribution is 7.20. The molecule has 4 N–H and O–H groups in total. The third kappa shape index (κ3) is 11.3. The molecule has 0 atom stereocenters. The number of benzene rings is 1. The minimum Gasteiger partial charge on any atom is -0.396 e. The van der Waals surface area contributed by atoms with Gasteiger partial charge in [0.05, 0.1) is 15.9 Å². The Bertz CT molecular complexity index is 1460. The third-order valence-electron chi connectivity index (χ3n) is 5.55. The first-order valence-corrected chi connectivity index (χ1v) is 14.3. The summed E-state index contributed by atoms with van der Waals surface area (Å²) in [5.41, 5.74) is 13.5. The van der Waals surface area contributed by atoms with E-state index in [0.717, 1.165) is 73.4 Å². The number of nitrogens with one attached hydrogen (secondary N) is 1. The molecule has 0 aliphatic carbocycles. The number of allylic oxidation sites excluding steroid dienone is 4. The number of aliphatic hydroxyl groups is 1. The summed E-state index contributed by atoms with van der Waals surface area (Å²) in [6, 6.07) is 11.6. The van der Waals surface area contributed by atoms with E-state index in [2.05, 4.69) is 52.0 Å². The summed E-state index contributed by atoms with van der Waals surface area (Å²) in [6.45, 7) is 12.7. The van der Waals surface area contributed by atoms with E-state index in [4.69, 9.17) is 15.6 Å². The van der Waals surface area contributed by atoms with Crippen LogP contribution in [0.1, 0.15) is 53.1 Å². The van der Waals surface area contributed by atoms with Crippen molar-refractivity contribution in [2.75, 3.05) is 13.7 Å².